The molecule has 1 aromatic carbocycles. The fourth-order valence-electron chi connectivity index (χ4n) is 1.22. The maximum Gasteiger partial charge on any atom is 0.189 e. The summed E-state index contributed by atoms with van der Waals surface area (Å²) in [6, 6.07) is 8.10. The summed E-state index contributed by atoms with van der Waals surface area (Å²) in [6.07, 6.45) is 1.99. The molecule has 0 atom stereocenters. The number of benzene rings is 1. The molecule has 1 heterocycles. The van der Waals surface area contributed by atoms with Crippen molar-refractivity contribution in [3.63, 3.8) is 0 Å². The van der Waals surface area contributed by atoms with Gasteiger partial charge in [0.1, 0.15) is 0 Å². The van der Waals surface area contributed by atoms with E-state index in [-0.39, 0.29) is 0 Å². The quantitative estimate of drug-likeness (QED) is 0.612. The summed E-state index contributed by atoms with van der Waals surface area (Å²) in [4.78, 5) is 8.57. The number of hydrogen-bond acceptors (Lipinski definition) is 4. The molecule has 0 aliphatic heterocycles. The number of hydrogen-bond donors (Lipinski definition) is 1. The summed E-state index contributed by atoms with van der Waals surface area (Å²) in [7, 11) is 1.77. The van der Waals surface area contributed by atoms with E-state index >= 15 is 0 Å². The lowest BCUT2D eigenvalue weighted by atomic mass is 10.3. The first-order chi connectivity index (χ1) is 7.33. The highest BCUT2D eigenvalue weighted by Crippen LogP contribution is 2.25. The fraction of sp³-hybridized carbons (Fsp3) is 0.200. The topological polar surface area (TPSA) is 37.3 Å². The molecule has 1 N–H and O–H groups in total. The van der Waals surface area contributed by atoms with Gasteiger partial charge in [-0.2, -0.15) is 0 Å². The van der Waals surface area contributed by atoms with Crippen molar-refractivity contribution >= 4 is 43.6 Å². The number of para-hydroxylation sites is 1. The number of thioether (sulfide) groups is 1. The summed E-state index contributed by atoms with van der Waals surface area (Å²) >= 11 is 3.22. The van der Waals surface area contributed by atoms with Crippen LogP contribution in [0.15, 0.2) is 29.3 Å². The van der Waals surface area contributed by atoms with Crippen LogP contribution in [0.3, 0.4) is 0 Å². The Morgan fingerprint density at radius 3 is 2.93 bits per heavy atom. The van der Waals surface area contributed by atoms with E-state index in [0.29, 0.717) is 0 Å². The van der Waals surface area contributed by atoms with Crippen LogP contribution in [0.25, 0.3) is 10.2 Å². The number of rotatable bonds is 1. The summed E-state index contributed by atoms with van der Waals surface area (Å²) in [5.41, 5.74) is 1.03. The van der Waals surface area contributed by atoms with Gasteiger partial charge in [-0.3, -0.25) is 4.99 Å². The predicted octanol–water partition coefficient (Wildman–Crippen LogP) is 3.06. The van der Waals surface area contributed by atoms with Gasteiger partial charge in [-0.25, -0.2) is 4.98 Å². The summed E-state index contributed by atoms with van der Waals surface area (Å²) < 4.78 is 1.19. The fourth-order valence-corrected chi connectivity index (χ4v) is 2.53. The van der Waals surface area contributed by atoms with Crippen molar-refractivity contribution in [2.75, 3.05) is 18.6 Å². The number of anilines is 1. The first-order valence-electron chi connectivity index (χ1n) is 4.47. The Labute approximate surface area is 96.6 Å². The van der Waals surface area contributed by atoms with E-state index in [1.54, 1.807) is 30.1 Å². The molecule has 0 fully saturated rings. The Morgan fingerprint density at radius 1 is 1.47 bits per heavy atom. The highest BCUT2D eigenvalue weighted by atomic mass is 32.2. The first kappa shape index (κ1) is 10.4. The van der Waals surface area contributed by atoms with E-state index in [1.807, 2.05) is 24.5 Å². The van der Waals surface area contributed by atoms with Crippen LogP contribution in [-0.4, -0.2) is 23.5 Å². The second-order valence-electron chi connectivity index (χ2n) is 2.84. The Morgan fingerprint density at radius 2 is 2.27 bits per heavy atom. The molecule has 0 aliphatic rings. The molecule has 15 heavy (non-hydrogen) atoms. The third kappa shape index (κ3) is 2.30. The molecule has 2 rings (SSSR count). The van der Waals surface area contributed by atoms with E-state index in [4.69, 9.17) is 0 Å². The van der Waals surface area contributed by atoms with Crippen molar-refractivity contribution in [3.05, 3.63) is 24.3 Å². The highest BCUT2D eigenvalue weighted by molar-refractivity contribution is 8.13. The second kappa shape index (κ2) is 4.63. The highest BCUT2D eigenvalue weighted by Gasteiger charge is 2.04. The smallest absolute Gasteiger partial charge is 0.189 e. The maximum atomic E-state index is 4.46. The Kier molecular flexibility index (Phi) is 3.23. The lowest BCUT2D eigenvalue weighted by molar-refractivity contribution is 1.42. The second-order valence-corrected chi connectivity index (χ2v) is 4.67. The van der Waals surface area contributed by atoms with E-state index in [2.05, 4.69) is 21.4 Å². The molecule has 5 heteroatoms. The van der Waals surface area contributed by atoms with Crippen LogP contribution in [0.4, 0.5) is 5.13 Å². The van der Waals surface area contributed by atoms with Gasteiger partial charge in [-0.1, -0.05) is 35.2 Å². The van der Waals surface area contributed by atoms with Crippen molar-refractivity contribution in [1.82, 2.24) is 4.98 Å². The van der Waals surface area contributed by atoms with Crippen LogP contribution >= 0.6 is 23.1 Å². The molecule has 0 amide bonds. The maximum absolute atomic E-state index is 4.46. The zero-order chi connectivity index (χ0) is 10.7. The zero-order valence-electron chi connectivity index (χ0n) is 8.52. The third-order valence-corrected chi connectivity index (χ3v) is 3.53. The van der Waals surface area contributed by atoms with E-state index in [1.165, 1.54) is 4.70 Å². The third-order valence-electron chi connectivity index (χ3n) is 1.90. The van der Waals surface area contributed by atoms with Crippen molar-refractivity contribution in [1.29, 1.82) is 0 Å². The molecule has 0 saturated heterocycles. The Bertz CT molecular complexity index is 457. The van der Waals surface area contributed by atoms with E-state index in [0.717, 1.165) is 15.8 Å². The van der Waals surface area contributed by atoms with Gasteiger partial charge in [0.05, 0.1) is 10.2 Å². The van der Waals surface area contributed by atoms with Crippen LogP contribution in [0.2, 0.25) is 0 Å². The van der Waals surface area contributed by atoms with Crippen molar-refractivity contribution < 1.29 is 0 Å². The molecule has 2 aromatic rings. The molecule has 0 bridgehead atoms. The summed E-state index contributed by atoms with van der Waals surface area (Å²) in [5, 5.41) is 4.97. The van der Waals surface area contributed by atoms with Gasteiger partial charge in [-0.05, 0) is 18.4 Å². The lowest BCUT2D eigenvalue weighted by Gasteiger charge is -2.00. The SMILES string of the molecule is CN=C(Nc1nc2ccccc2s1)SC. The number of nitrogens with zero attached hydrogens (tertiary/aromatic N) is 2. The predicted molar refractivity (Wildman–Crippen MR) is 70.1 cm³/mol. The zero-order valence-corrected chi connectivity index (χ0v) is 10.2. The molecule has 0 saturated carbocycles. The molecule has 0 spiro atoms. The van der Waals surface area contributed by atoms with Crippen molar-refractivity contribution in [2.24, 2.45) is 4.99 Å². The number of thiazole rings is 1. The first-order valence-corrected chi connectivity index (χ1v) is 6.51. The number of aromatic nitrogens is 1. The minimum Gasteiger partial charge on any atom is -0.311 e. The lowest BCUT2D eigenvalue weighted by Crippen LogP contribution is -2.06. The number of nitrogens with one attached hydrogen (secondary N) is 1. The van der Waals surface area contributed by atoms with Crippen LogP contribution in [0.1, 0.15) is 0 Å². The number of aliphatic imine (C=N–C) groups is 1. The van der Waals surface area contributed by atoms with Crippen molar-refractivity contribution in [3.8, 4) is 0 Å². The molecule has 0 aliphatic carbocycles. The molecule has 1 aromatic heterocycles. The molecule has 0 unspecified atom stereocenters. The van der Waals surface area contributed by atoms with Gasteiger partial charge < -0.3 is 5.32 Å². The van der Waals surface area contributed by atoms with Crippen LogP contribution in [0.5, 0.6) is 0 Å². The molecular weight excluding hydrogens is 226 g/mol. The molecule has 78 valence electrons. The number of amidine groups is 1. The average molecular weight is 237 g/mol. The van der Waals surface area contributed by atoms with Gasteiger partial charge in [-0.15, -0.1) is 0 Å². The minimum absolute atomic E-state index is 0.883. The van der Waals surface area contributed by atoms with Crippen LogP contribution < -0.4 is 5.32 Å². The largest absolute Gasteiger partial charge is 0.311 e. The monoisotopic (exact) mass is 237 g/mol. The minimum atomic E-state index is 0.883. The van der Waals surface area contributed by atoms with Gasteiger partial charge in [0.2, 0.25) is 0 Å². The van der Waals surface area contributed by atoms with E-state index in [9.17, 15) is 0 Å². The summed E-state index contributed by atoms with van der Waals surface area (Å²) in [5.74, 6) is 0. The van der Waals surface area contributed by atoms with Gasteiger partial charge in [0.25, 0.3) is 0 Å². The van der Waals surface area contributed by atoms with Crippen LogP contribution in [0, 0.1) is 0 Å². The summed E-state index contributed by atoms with van der Waals surface area (Å²) in [6.45, 7) is 0. The average Bonchev–Trinajstić information content (AvgIpc) is 2.68. The van der Waals surface area contributed by atoms with Gasteiger partial charge >= 0.3 is 0 Å². The van der Waals surface area contributed by atoms with Gasteiger partial charge in [0, 0.05) is 7.05 Å². The van der Waals surface area contributed by atoms with Gasteiger partial charge in [0.15, 0.2) is 10.3 Å². The standard InChI is InChI=1S/C10H11N3S2/c1-11-9(14-2)13-10-12-7-5-3-4-6-8(7)15-10/h3-6H,1-2H3,(H,11,12,13). The van der Waals surface area contributed by atoms with Crippen molar-refractivity contribution in [2.45, 2.75) is 0 Å². The Balaban J connectivity index is 2.29. The molecule has 3 nitrogen and oxygen atoms in total. The molecule has 0 radical (unpaired) electrons. The number of fused-ring (bicyclic) bond motifs is 1. The molecular formula is C10H11N3S2. The van der Waals surface area contributed by atoms with Crippen LogP contribution in [-0.2, 0) is 0 Å². The van der Waals surface area contributed by atoms with E-state index < -0.39 is 0 Å². The Hall–Kier alpha value is -1.07. The normalized spacial score (nSPS) is 12.0.